The number of alkyl halides is 3. The highest BCUT2D eigenvalue weighted by atomic mass is 32.2. The van der Waals surface area contributed by atoms with E-state index in [1.807, 2.05) is 42.7 Å². The number of nitrogens with one attached hydrogen (secondary N) is 1. The summed E-state index contributed by atoms with van der Waals surface area (Å²) in [5.74, 6) is 0. The second-order valence-electron chi connectivity index (χ2n) is 6.31. The molecule has 28 heavy (non-hydrogen) atoms. The van der Waals surface area contributed by atoms with Gasteiger partial charge in [-0.15, -0.1) is 11.8 Å². The van der Waals surface area contributed by atoms with E-state index in [4.69, 9.17) is 0 Å². The zero-order valence-corrected chi connectivity index (χ0v) is 16.1. The van der Waals surface area contributed by atoms with E-state index in [0.717, 1.165) is 21.6 Å². The first-order valence-corrected chi connectivity index (χ1v) is 9.92. The summed E-state index contributed by atoms with van der Waals surface area (Å²) in [5.41, 5.74) is 1.66. The van der Waals surface area contributed by atoms with Gasteiger partial charge < -0.3 is 5.32 Å². The van der Waals surface area contributed by atoms with Gasteiger partial charge >= 0.3 is 6.18 Å². The highest BCUT2D eigenvalue weighted by molar-refractivity contribution is 7.98. The van der Waals surface area contributed by atoms with Crippen LogP contribution in [0.25, 0.3) is 0 Å². The predicted octanol–water partition coefficient (Wildman–Crippen LogP) is 4.68. The van der Waals surface area contributed by atoms with Gasteiger partial charge in [-0.05, 0) is 41.1 Å². The van der Waals surface area contributed by atoms with Gasteiger partial charge in [0.1, 0.15) is 0 Å². The van der Waals surface area contributed by atoms with Crippen LogP contribution in [0.5, 0.6) is 0 Å². The van der Waals surface area contributed by atoms with E-state index in [0.29, 0.717) is 0 Å². The van der Waals surface area contributed by atoms with Crippen molar-refractivity contribution >= 4 is 11.8 Å². The molecule has 0 spiro atoms. The van der Waals surface area contributed by atoms with E-state index in [1.165, 1.54) is 0 Å². The summed E-state index contributed by atoms with van der Waals surface area (Å²) in [5, 5.41) is 2.62. The van der Waals surface area contributed by atoms with Gasteiger partial charge in [0.2, 0.25) is 0 Å². The SMILES string of the molecule is CSc1ccccc1C(CNCC(F)(F)F)(c1cccnc1)c1cccnc1. The molecule has 0 aliphatic heterocycles. The summed E-state index contributed by atoms with van der Waals surface area (Å²) in [6.07, 6.45) is 4.38. The van der Waals surface area contributed by atoms with Crippen LogP contribution in [0.1, 0.15) is 16.7 Å². The molecule has 0 aliphatic rings. The van der Waals surface area contributed by atoms with Crippen LogP contribution in [0.15, 0.2) is 78.2 Å². The van der Waals surface area contributed by atoms with Gasteiger partial charge in [0, 0.05) is 36.2 Å². The van der Waals surface area contributed by atoms with Crippen LogP contribution in [0.2, 0.25) is 0 Å². The van der Waals surface area contributed by atoms with Gasteiger partial charge in [-0.1, -0.05) is 30.3 Å². The number of halogens is 3. The van der Waals surface area contributed by atoms with Crippen LogP contribution in [-0.2, 0) is 5.41 Å². The summed E-state index contributed by atoms with van der Waals surface area (Å²) in [4.78, 5) is 9.46. The van der Waals surface area contributed by atoms with Crippen molar-refractivity contribution in [3.05, 3.63) is 90.0 Å². The Morgan fingerprint density at radius 2 is 1.46 bits per heavy atom. The lowest BCUT2D eigenvalue weighted by atomic mass is 9.70. The topological polar surface area (TPSA) is 37.8 Å². The van der Waals surface area contributed by atoms with Crippen molar-refractivity contribution < 1.29 is 13.2 Å². The maximum atomic E-state index is 12.9. The lowest BCUT2D eigenvalue weighted by molar-refractivity contribution is -0.125. The number of hydrogen-bond donors (Lipinski definition) is 1. The monoisotopic (exact) mass is 403 g/mol. The summed E-state index contributed by atoms with van der Waals surface area (Å²) in [6.45, 7) is -1.02. The van der Waals surface area contributed by atoms with Crippen molar-refractivity contribution in [2.45, 2.75) is 16.5 Å². The second kappa shape index (κ2) is 8.75. The van der Waals surface area contributed by atoms with Crippen molar-refractivity contribution in [3.63, 3.8) is 0 Å². The highest BCUT2D eigenvalue weighted by Gasteiger charge is 2.39. The molecule has 1 aromatic carbocycles. The Balaban J connectivity index is 2.23. The molecule has 0 aliphatic carbocycles. The molecular formula is C21H20F3N3S. The van der Waals surface area contributed by atoms with Crippen molar-refractivity contribution in [1.29, 1.82) is 0 Å². The minimum Gasteiger partial charge on any atom is -0.307 e. The Morgan fingerprint density at radius 3 is 1.96 bits per heavy atom. The van der Waals surface area contributed by atoms with Crippen LogP contribution in [-0.4, -0.2) is 35.5 Å². The molecule has 7 heteroatoms. The van der Waals surface area contributed by atoms with E-state index in [9.17, 15) is 13.2 Å². The van der Waals surface area contributed by atoms with E-state index < -0.39 is 18.1 Å². The molecule has 146 valence electrons. The molecule has 2 aromatic heterocycles. The molecule has 3 nitrogen and oxygen atoms in total. The molecule has 0 atom stereocenters. The van der Waals surface area contributed by atoms with Crippen LogP contribution >= 0.6 is 11.8 Å². The first kappa shape index (κ1) is 20.4. The number of hydrogen-bond acceptors (Lipinski definition) is 4. The summed E-state index contributed by atoms with van der Waals surface area (Å²) in [7, 11) is 0. The Labute approximate surface area is 166 Å². The number of nitrogens with zero attached hydrogens (tertiary/aromatic N) is 2. The van der Waals surface area contributed by atoms with Gasteiger partial charge in [-0.2, -0.15) is 13.2 Å². The molecule has 0 unspecified atom stereocenters. The number of rotatable bonds is 7. The lowest BCUT2D eigenvalue weighted by Crippen LogP contribution is -2.43. The van der Waals surface area contributed by atoms with E-state index in [2.05, 4.69) is 15.3 Å². The Kier molecular flexibility index (Phi) is 6.36. The quantitative estimate of drug-likeness (QED) is 0.581. The standard InChI is InChI=1S/C21H20F3N3S/c1-28-19-9-3-2-8-18(19)20(14-27-15-21(22,23)24,16-6-4-10-25-12-16)17-7-5-11-26-13-17/h2-13,27H,14-15H2,1H3. The summed E-state index contributed by atoms with van der Waals surface area (Å²) < 4.78 is 38.7. The highest BCUT2D eigenvalue weighted by Crippen LogP contribution is 2.42. The lowest BCUT2D eigenvalue weighted by Gasteiger charge is -2.37. The minimum absolute atomic E-state index is 0.0570. The Morgan fingerprint density at radius 1 is 0.857 bits per heavy atom. The van der Waals surface area contributed by atoms with Crippen LogP contribution in [0, 0.1) is 0 Å². The molecular weight excluding hydrogens is 383 g/mol. The van der Waals surface area contributed by atoms with Crippen LogP contribution < -0.4 is 5.32 Å². The molecule has 0 radical (unpaired) electrons. The summed E-state index contributed by atoms with van der Waals surface area (Å²) >= 11 is 1.56. The number of pyridine rings is 2. The van der Waals surface area contributed by atoms with Crippen molar-refractivity contribution in [3.8, 4) is 0 Å². The maximum absolute atomic E-state index is 12.9. The van der Waals surface area contributed by atoms with Gasteiger partial charge in [0.15, 0.2) is 0 Å². The van der Waals surface area contributed by atoms with Gasteiger partial charge in [0.25, 0.3) is 0 Å². The average molecular weight is 403 g/mol. The Hall–Kier alpha value is -2.38. The zero-order valence-electron chi connectivity index (χ0n) is 15.3. The molecule has 3 rings (SSSR count). The third-order valence-corrected chi connectivity index (χ3v) is 5.39. The normalized spacial score (nSPS) is 12.1. The van der Waals surface area contributed by atoms with Crippen molar-refractivity contribution in [2.24, 2.45) is 0 Å². The fraction of sp³-hybridized carbons (Fsp3) is 0.238. The Bertz CT molecular complexity index is 847. The first-order valence-electron chi connectivity index (χ1n) is 8.69. The molecule has 2 heterocycles. The van der Waals surface area contributed by atoms with Gasteiger partial charge in [0.05, 0.1) is 12.0 Å². The van der Waals surface area contributed by atoms with Gasteiger partial charge in [-0.25, -0.2) is 0 Å². The van der Waals surface area contributed by atoms with Crippen LogP contribution in [0.4, 0.5) is 13.2 Å². The van der Waals surface area contributed by atoms with Crippen molar-refractivity contribution in [1.82, 2.24) is 15.3 Å². The number of benzene rings is 1. The zero-order chi connectivity index (χ0) is 20.0. The number of aromatic nitrogens is 2. The molecule has 0 bridgehead atoms. The maximum Gasteiger partial charge on any atom is 0.401 e. The molecule has 0 fully saturated rings. The smallest absolute Gasteiger partial charge is 0.307 e. The van der Waals surface area contributed by atoms with E-state index in [-0.39, 0.29) is 6.54 Å². The van der Waals surface area contributed by atoms with Crippen molar-refractivity contribution in [2.75, 3.05) is 19.3 Å². The van der Waals surface area contributed by atoms with E-state index in [1.54, 1.807) is 48.7 Å². The third-order valence-electron chi connectivity index (χ3n) is 4.59. The first-order chi connectivity index (χ1) is 13.5. The van der Waals surface area contributed by atoms with E-state index >= 15 is 0 Å². The molecule has 0 amide bonds. The van der Waals surface area contributed by atoms with Crippen LogP contribution in [0.3, 0.4) is 0 Å². The fourth-order valence-corrected chi connectivity index (χ4v) is 4.07. The largest absolute Gasteiger partial charge is 0.401 e. The molecule has 3 aromatic rings. The molecule has 1 N–H and O–H groups in total. The number of thioether (sulfide) groups is 1. The minimum atomic E-state index is -4.30. The molecule has 0 saturated carbocycles. The predicted molar refractivity (Wildman–Crippen MR) is 106 cm³/mol. The third kappa shape index (κ3) is 4.36. The second-order valence-corrected chi connectivity index (χ2v) is 7.16. The fourth-order valence-electron chi connectivity index (χ4n) is 3.40. The molecule has 0 saturated heterocycles. The average Bonchev–Trinajstić information content (AvgIpc) is 2.72. The summed E-state index contributed by atoms with van der Waals surface area (Å²) in [6, 6.07) is 15.2. The van der Waals surface area contributed by atoms with Gasteiger partial charge in [-0.3, -0.25) is 9.97 Å².